The van der Waals surface area contributed by atoms with Gasteiger partial charge in [-0.3, -0.25) is 19.0 Å². The number of aliphatic hydroxyl groups excluding tert-OH is 1. The number of hydrogen-bond donors (Lipinski definition) is 1. The van der Waals surface area contributed by atoms with Gasteiger partial charge in [-0.25, -0.2) is 9.97 Å². The normalized spacial score (nSPS) is 15.4. The predicted octanol–water partition coefficient (Wildman–Crippen LogP) is 2.35. The number of amides is 1. The van der Waals surface area contributed by atoms with E-state index >= 15 is 0 Å². The third kappa shape index (κ3) is 5.21. The van der Waals surface area contributed by atoms with Gasteiger partial charge < -0.3 is 19.6 Å². The van der Waals surface area contributed by atoms with Crippen LogP contribution < -0.4 is 15.2 Å². The zero-order chi connectivity index (χ0) is 29.3. The molecule has 0 spiro atoms. The molecule has 4 aromatic rings. The summed E-state index contributed by atoms with van der Waals surface area (Å²) in [5, 5.41) is 19.7. The van der Waals surface area contributed by atoms with E-state index in [1.807, 2.05) is 11.8 Å². The summed E-state index contributed by atoms with van der Waals surface area (Å²) in [7, 11) is 1.55. The monoisotopic (exact) mass is 563 g/mol. The van der Waals surface area contributed by atoms with E-state index in [4.69, 9.17) is 0 Å². The number of nitrogens with zero attached hydrogens (tertiary/aromatic N) is 7. The number of nitriles is 1. The molecule has 2 aromatic heterocycles. The van der Waals surface area contributed by atoms with Gasteiger partial charge in [0, 0.05) is 61.8 Å². The molecule has 0 saturated carbocycles. The van der Waals surface area contributed by atoms with Crippen molar-refractivity contribution in [2.75, 3.05) is 31.1 Å². The van der Waals surface area contributed by atoms with E-state index in [0.29, 0.717) is 53.2 Å². The van der Waals surface area contributed by atoms with Crippen LogP contribution in [0.3, 0.4) is 0 Å². The summed E-state index contributed by atoms with van der Waals surface area (Å²) in [5.41, 5.74) is 1.71. The minimum absolute atomic E-state index is 0.00858. The average Bonchev–Trinajstić information content (AvgIpc) is 3.21. The van der Waals surface area contributed by atoms with Crippen molar-refractivity contribution in [1.29, 1.82) is 5.26 Å². The fraction of sp³-hybridized carbons (Fsp3) is 0.321. The van der Waals surface area contributed by atoms with Crippen LogP contribution in [0.25, 0.3) is 22.0 Å². The van der Waals surface area contributed by atoms with E-state index in [9.17, 15) is 28.7 Å². The topological polar surface area (TPSA) is 130 Å². The first-order valence-corrected chi connectivity index (χ1v) is 12.9. The number of para-hydroxylation sites is 1. The van der Waals surface area contributed by atoms with Crippen LogP contribution in [0.15, 0.2) is 53.6 Å². The van der Waals surface area contributed by atoms with Gasteiger partial charge in [-0.1, -0.05) is 24.3 Å². The molecule has 5 rings (SSSR count). The SMILES string of the molecule is CC1CN(c2ncc(-c3ccc4c(=O)n(C)n(Cc5ccccc5OC(F)F)c4c3C#N)cn2)CCN1C(=O)CO. The molecule has 2 aromatic carbocycles. The lowest BCUT2D eigenvalue weighted by atomic mass is 10.00. The molecule has 1 atom stereocenters. The van der Waals surface area contributed by atoms with Crippen LogP contribution in [-0.4, -0.2) is 74.1 Å². The van der Waals surface area contributed by atoms with Crippen molar-refractivity contribution in [2.24, 2.45) is 7.05 Å². The molecule has 1 aliphatic rings. The number of aromatic nitrogens is 4. The molecule has 11 nitrogen and oxygen atoms in total. The number of benzene rings is 2. The standard InChI is InChI=1S/C28H27F2N7O4/c1-17-14-35(9-10-36(17)24(39)16-38)28-32-12-19(13-33-28)20-7-8-21-25(22(20)11-31)37(34(2)26(21)40)15-18-5-3-4-6-23(18)41-27(29)30/h3-8,12-13,17,27,38H,9-10,14-16H2,1-2H3. The Kier molecular flexibility index (Phi) is 7.67. The number of alkyl halides is 2. The Morgan fingerprint density at radius 1 is 1.20 bits per heavy atom. The van der Waals surface area contributed by atoms with Crippen LogP contribution in [0.2, 0.25) is 0 Å². The molecule has 3 heterocycles. The second-order valence-electron chi connectivity index (χ2n) is 9.68. The number of ether oxygens (including phenoxy) is 1. The van der Waals surface area contributed by atoms with Crippen LogP contribution in [0.4, 0.5) is 14.7 Å². The van der Waals surface area contributed by atoms with Crippen LogP contribution >= 0.6 is 0 Å². The van der Waals surface area contributed by atoms with Gasteiger partial charge in [-0.15, -0.1) is 0 Å². The summed E-state index contributed by atoms with van der Waals surface area (Å²) < 4.78 is 33.6. The van der Waals surface area contributed by atoms with Crippen molar-refractivity contribution < 1.29 is 23.4 Å². The maximum absolute atomic E-state index is 13.1. The van der Waals surface area contributed by atoms with Gasteiger partial charge in [-0.05, 0) is 19.1 Å². The fourth-order valence-electron chi connectivity index (χ4n) is 5.24. The van der Waals surface area contributed by atoms with Crippen molar-refractivity contribution in [2.45, 2.75) is 26.1 Å². The number of carbonyl (C=O) groups is 1. The first-order chi connectivity index (χ1) is 19.7. The Hall–Kier alpha value is -4.83. The van der Waals surface area contributed by atoms with E-state index in [1.165, 1.54) is 10.7 Å². The van der Waals surface area contributed by atoms with E-state index in [0.717, 1.165) is 0 Å². The molecule has 1 unspecified atom stereocenters. The number of fused-ring (bicyclic) bond motifs is 1. The van der Waals surface area contributed by atoms with Crippen LogP contribution in [0, 0.1) is 11.3 Å². The maximum atomic E-state index is 13.1. The molecule has 1 aliphatic heterocycles. The zero-order valence-corrected chi connectivity index (χ0v) is 22.4. The van der Waals surface area contributed by atoms with Crippen molar-refractivity contribution >= 4 is 22.8 Å². The van der Waals surface area contributed by atoms with Gasteiger partial charge in [0.25, 0.3) is 5.56 Å². The third-order valence-corrected chi connectivity index (χ3v) is 7.26. The zero-order valence-electron chi connectivity index (χ0n) is 22.4. The molecular formula is C28H27F2N7O4. The van der Waals surface area contributed by atoms with Crippen LogP contribution in [0.1, 0.15) is 18.1 Å². The third-order valence-electron chi connectivity index (χ3n) is 7.26. The summed E-state index contributed by atoms with van der Waals surface area (Å²) in [6.07, 6.45) is 3.19. The van der Waals surface area contributed by atoms with Crippen molar-refractivity contribution in [3.8, 4) is 22.9 Å². The fourth-order valence-corrected chi connectivity index (χ4v) is 5.24. The quantitative estimate of drug-likeness (QED) is 0.363. The number of rotatable bonds is 7. The van der Waals surface area contributed by atoms with Crippen LogP contribution in [0.5, 0.6) is 5.75 Å². The summed E-state index contributed by atoms with van der Waals surface area (Å²) in [4.78, 5) is 37.6. The molecule has 1 amide bonds. The second-order valence-corrected chi connectivity index (χ2v) is 9.68. The largest absolute Gasteiger partial charge is 0.434 e. The number of piperazine rings is 1. The van der Waals surface area contributed by atoms with Gasteiger partial charge >= 0.3 is 6.61 Å². The number of aliphatic hydroxyl groups is 1. The van der Waals surface area contributed by atoms with E-state index < -0.39 is 13.2 Å². The Balaban J connectivity index is 1.50. The molecule has 1 N–H and O–H groups in total. The molecule has 41 heavy (non-hydrogen) atoms. The summed E-state index contributed by atoms with van der Waals surface area (Å²) >= 11 is 0. The minimum atomic E-state index is -3.01. The Morgan fingerprint density at radius 2 is 1.93 bits per heavy atom. The van der Waals surface area contributed by atoms with Crippen LogP contribution in [-0.2, 0) is 18.4 Å². The maximum Gasteiger partial charge on any atom is 0.387 e. The van der Waals surface area contributed by atoms with Crippen molar-refractivity contribution in [3.05, 3.63) is 70.3 Å². The highest BCUT2D eigenvalue weighted by Gasteiger charge is 2.28. The number of hydrogen-bond acceptors (Lipinski definition) is 8. The molecule has 0 aliphatic carbocycles. The first-order valence-electron chi connectivity index (χ1n) is 12.9. The van der Waals surface area contributed by atoms with E-state index in [2.05, 4.69) is 20.8 Å². The Morgan fingerprint density at radius 3 is 2.59 bits per heavy atom. The van der Waals surface area contributed by atoms with Gasteiger partial charge in [0.2, 0.25) is 11.9 Å². The second kappa shape index (κ2) is 11.3. The van der Waals surface area contributed by atoms with Crippen molar-refractivity contribution in [3.63, 3.8) is 0 Å². The molecule has 13 heteroatoms. The lowest BCUT2D eigenvalue weighted by Gasteiger charge is -2.39. The smallest absolute Gasteiger partial charge is 0.387 e. The van der Waals surface area contributed by atoms with Gasteiger partial charge in [0.1, 0.15) is 18.4 Å². The highest BCUT2D eigenvalue weighted by molar-refractivity contribution is 5.91. The van der Waals surface area contributed by atoms with Gasteiger partial charge in [-0.2, -0.15) is 14.0 Å². The molecule has 1 fully saturated rings. The van der Waals surface area contributed by atoms with E-state index in [-0.39, 0.29) is 35.4 Å². The minimum Gasteiger partial charge on any atom is -0.434 e. The molecule has 212 valence electrons. The van der Waals surface area contributed by atoms with E-state index in [1.54, 1.807) is 59.4 Å². The molecule has 0 radical (unpaired) electrons. The van der Waals surface area contributed by atoms with Crippen molar-refractivity contribution in [1.82, 2.24) is 24.2 Å². The highest BCUT2D eigenvalue weighted by atomic mass is 19.3. The molecular weight excluding hydrogens is 536 g/mol. The van der Waals surface area contributed by atoms with Gasteiger partial charge in [0.15, 0.2) is 0 Å². The first kappa shape index (κ1) is 27.7. The Bertz CT molecular complexity index is 1690. The summed E-state index contributed by atoms with van der Waals surface area (Å²) in [5.74, 6) is 0.118. The molecule has 0 bridgehead atoms. The lowest BCUT2D eigenvalue weighted by Crippen LogP contribution is -2.55. The highest BCUT2D eigenvalue weighted by Crippen LogP contribution is 2.31. The Labute approximate surface area is 233 Å². The summed E-state index contributed by atoms with van der Waals surface area (Å²) in [6.45, 7) is -0.231. The average molecular weight is 564 g/mol. The summed E-state index contributed by atoms with van der Waals surface area (Å²) in [6, 6.07) is 11.7. The molecule has 1 saturated heterocycles. The lowest BCUT2D eigenvalue weighted by molar-refractivity contribution is -0.136. The number of anilines is 1. The number of halogens is 2. The van der Waals surface area contributed by atoms with Gasteiger partial charge in [0.05, 0.1) is 23.0 Å². The predicted molar refractivity (Wildman–Crippen MR) is 146 cm³/mol. The number of carbonyl (C=O) groups excluding carboxylic acids is 1.